The molecule has 15 heavy (non-hydrogen) atoms. The van der Waals surface area contributed by atoms with Crippen molar-refractivity contribution in [1.29, 1.82) is 10.5 Å². The monoisotopic (exact) mass is 229 g/mol. The van der Waals surface area contributed by atoms with Gasteiger partial charge in [0.25, 0.3) is 0 Å². The highest BCUT2D eigenvalue weighted by Gasteiger charge is 2.33. The predicted molar refractivity (Wildman–Crippen MR) is 56.0 cm³/mol. The lowest BCUT2D eigenvalue weighted by molar-refractivity contribution is 0.315. The Labute approximate surface area is 91.0 Å². The third-order valence-electron chi connectivity index (χ3n) is 2.47. The molecule has 0 N–H and O–H groups in total. The molecule has 0 bridgehead atoms. The largest absolute Gasteiger partial charge is 0.247 e. The van der Waals surface area contributed by atoms with E-state index in [1.807, 2.05) is 13.8 Å². The van der Waals surface area contributed by atoms with Gasteiger partial charge in [-0.15, -0.1) is 0 Å². The van der Waals surface area contributed by atoms with Gasteiger partial charge in [0.05, 0.1) is 12.1 Å². The summed E-state index contributed by atoms with van der Waals surface area (Å²) < 4.78 is 24.5. The zero-order chi connectivity index (χ0) is 12.2. The van der Waals surface area contributed by atoms with Crippen molar-refractivity contribution in [3.8, 4) is 12.1 Å². The summed E-state index contributed by atoms with van der Waals surface area (Å²) in [6, 6.07) is 2.72. The van der Waals surface area contributed by atoms with Gasteiger partial charge in [0.15, 0.2) is 0 Å². The summed E-state index contributed by atoms with van der Waals surface area (Å²) in [6.45, 7) is 5.50. The highest BCUT2D eigenvalue weighted by atomic mass is 32.2. The Morgan fingerprint density at radius 1 is 1.13 bits per heavy atom. The fraction of sp³-hybridized carbons (Fsp3) is 0.778. The van der Waals surface area contributed by atoms with Crippen LogP contribution >= 0.6 is 0 Å². The SMILES string of the molecule is CC(C)[C@H](C)N(C)S(=O)(=O)C(C#N)C#N. The van der Waals surface area contributed by atoms with E-state index in [2.05, 4.69) is 0 Å². The molecule has 0 unspecified atom stereocenters. The van der Waals surface area contributed by atoms with Crippen molar-refractivity contribution in [2.45, 2.75) is 32.1 Å². The minimum atomic E-state index is -3.83. The molecule has 6 heteroatoms. The Morgan fingerprint density at radius 3 is 1.80 bits per heavy atom. The molecule has 0 saturated carbocycles. The molecule has 84 valence electrons. The van der Waals surface area contributed by atoms with E-state index in [0.717, 1.165) is 4.31 Å². The van der Waals surface area contributed by atoms with Crippen LogP contribution in [0.5, 0.6) is 0 Å². The van der Waals surface area contributed by atoms with Crippen LogP contribution in [0, 0.1) is 28.6 Å². The van der Waals surface area contributed by atoms with E-state index in [4.69, 9.17) is 10.5 Å². The lowest BCUT2D eigenvalue weighted by atomic mass is 10.1. The third-order valence-corrected chi connectivity index (χ3v) is 4.41. The molecule has 0 rings (SSSR count). The summed E-state index contributed by atoms with van der Waals surface area (Å²) in [5.41, 5.74) is 0. The van der Waals surface area contributed by atoms with Crippen LogP contribution in [-0.2, 0) is 10.0 Å². The molecular formula is C9H15N3O2S. The Morgan fingerprint density at radius 2 is 1.53 bits per heavy atom. The number of hydrogen-bond donors (Lipinski definition) is 0. The van der Waals surface area contributed by atoms with Crippen LogP contribution in [0.3, 0.4) is 0 Å². The molecule has 0 aliphatic rings. The topological polar surface area (TPSA) is 85.0 Å². The quantitative estimate of drug-likeness (QED) is 0.710. The molecular weight excluding hydrogens is 214 g/mol. The van der Waals surface area contributed by atoms with Gasteiger partial charge in [0, 0.05) is 13.1 Å². The number of hydrogen-bond acceptors (Lipinski definition) is 4. The second kappa shape index (κ2) is 5.11. The summed E-state index contributed by atoms with van der Waals surface area (Å²) in [4.78, 5) is 0. The minimum absolute atomic E-state index is 0.128. The summed E-state index contributed by atoms with van der Waals surface area (Å²) in [5, 5.41) is 15.5. The molecule has 0 fully saturated rings. The maximum absolute atomic E-state index is 11.7. The standard InChI is InChI=1S/C9H15N3O2S/c1-7(2)8(3)12(4)15(13,14)9(5-10)6-11/h7-9H,1-4H3/t8-/m0/s1. The smallest absolute Gasteiger partial charge is 0.210 e. The van der Waals surface area contributed by atoms with Crippen LogP contribution in [0.25, 0.3) is 0 Å². The average molecular weight is 229 g/mol. The predicted octanol–water partition coefficient (Wildman–Crippen LogP) is 0.708. The number of rotatable bonds is 4. The van der Waals surface area contributed by atoms with Gasteiger partial charge in [-0.25, -0.2) is 8.42 Å². The van der Waals surface area contributed by atoms with E-state index in [1.165, 1.54) is 19.2 Å². The van der Waals surface area contributed by atoms with Crippen LogP contribution in [-0.4, -0.2) is 31.1 Å². The molecule has 0 aromatic rings. The summed E-state index contributed by atoms with van der Waals surface area (Å²) in [7, 11) is -2.44. The zero-order valence-corrected chi connectivity index (χ0v) is 10.1. The molecule has 5 nitrogen and oxygen atoms in total. The fourth-order valence-electron chi connectivity index (χ4n) is 0.980. The molecule has 0 amide bonds. The number of sulfonamides is 1. The van der Waals surface area contributed by atoms with Gasteiger partial charge in [0.2, 0.25) is 15.3 Å². The highest BCUT2D eigenvalue weighted by molar-refractivity contribution is 7.90. The van der Waals surface area contributed by atoms with Crippen LogP contribution in [0.2, 0.25) is 0 Å². The Kier molecular flexibility index (Phi) is 4.73. The first-order valence-electron chi connectivity index (χ1n) is 4.55. The van der Waals surface area contributed by atoms with E-state index in [0.29, 0.717) is 0 Å². The van der Waals surface area contributed by atoms with Crippen LogP contribution in [0.15, 0.2) is 0 Å². The van der Waals surface area contributed by atoms with Gasteiger partial charge in [-0.3, -0.25) is 0 Å². The summed E-state index contributed by atoms with van der Waals surface area (Å²) >= 11 is 0. The second-order valence-electron chi connectivity index (χ2n) is 3.68. The molecule has 0 heterocycles. The molecule has 0 aliphatic heterocycles. The molecule has 0 aromatic heterocycles. The lowest BCUT2D eigenvalue weighted by Crippen LogP contribution is -2.42. The Bertz CT molecular complexity index is 375. The highest BCUT2D eigenvalue weighted by Crippen LogP contribution is 2.15. The number of nitrogens with zero attached hydrogens (tertiary/aromatic N) is 3. The Balaban J connectivity index is 5.09. The molecule has 0 radical (unpaired) electrons. The van der Waals surface area contributed by atoms with Gasteiger partial charge in [0.1, 0.15) is 0 Å². The first-order chi connectivity index (χ1) is 6.78. The molecule has 0 saturated heterocycles. The van der Waals surface area contributed by atoms with E-state index in [-0.39, 0.29) is 12.0 Å². The van der Waals surface area contributed by atoms with Crippen LogP contribution in [0.4, 0.5) is 0 Å². The first-order valence-corrected chi connectivity index (χ1v) is 6.05. The minimum Gasteiger partial charge on any atom is -0.210 e. The van der Waals surface area contributed by atoms with Crippen molar-refractivity contribution in [3.63, 3.8) is 0 Å². The zero-order valence-electron chi connectivity index (χ0n) is 9.30. The van der Waals surface area contributed by atoms with Gasteiger partial charge < -0.3 is 0 Å². The van der Waals surface area contributed by atoms with Crippen molar-refractivity contribution in [3.05, 3.63) is 0 Å². The molecule has 0 spiro atoms. The van der Waals surface area contributed by atoms with Gasteiger partial charge in [-0.05, 0) is 12.8 Å². The third kappa shape index (κ3) is 2.92. The van der Waals surface area contributed by atoms with E-state index in [1.54, 1.807) is 6.92 Å². The van der Waals surface area contributed by atoms with Crippen molar-refractivity contribution >= 4 is 10.0 Å². The fourth-order valence-corrected chi connectivity index (χ4v) is 2.29. The normalized spacial score (nSPS) is 13.9. The van der Waals surface area contributed by atoms with Crippen LogP contribution < -0.4 is 0 Å². The first kappa shape index (κ1) is 13.9. The average Bonchev–Trinajstić information content (AvgIpc) is 2.16. The summed E-state index contributed by atoms with van der Waals surface area (Å²) in [5.74, 6) is 0.128. The van der Waals surface area contributed by atoms with Crippen LogP contribution in [0.1, 0.15) is 20.8 Å². The van der Waals surface area contributed by atoms with E-state index in [9.17, 15) is 8.42 Å². The van der Waals surface area contributed by atoms with Gasteiger partial charge in [-0.1, -0.05) is 13.8 Å². The van der Waals surface area contributed by atoms with Crippen molar-refractivity contribution < 1.29 is 8.42 Å². The van der Waals surface area contributed by atoms with E-state index < -0.39 is 15.3 Å². The summed E-state index contributed by atoms with van der Waals surface area (Å²) in [6.07, 6.45) is 0. The Hall–Kier alpha value is -1.11. The molecule has 1 atom stereocenters. The molecule has 0 aliphatic carbocycles. The maximum Gasteiger partial charge on any atom is 0.247 e. The van der Waals surface area contributed by atoms with Crippen molar-refractivity contribution in [2.75, 3.05) is 7.05 Å². The van der Waals surface area contributed by atoms with Gasteiger partial charge >= 0.3 is 0 Å². The molecule has 0 aromatic carbocycles. The maximum atomic E-state index is 11.7. The van der Waals surface area contributed by atoms with Crippen molar-refractivity contribution in [1.82, 2.24) is 4.31 Å². The van der Waals surface area contributed by atoms with Crippen molar-refractivity contribution in [2.24, 2.45) is 5.92 Å². The number of nitriles is 2. The lowest BCUT2D eigenvalue weighted by Gasteiger charge is -2.27. The second-order valence-corrected chi connectivity index (χ2v) is 5.76. The van der Waals surface area contributed by atoms with Gasteiger partial charge in [-0.2, -0.15) is 14.8 Å². The van der Waals surface area contributed by atoms with E-state index >= 15 is 0 Å².